The Hall–Kier alpha value is -3.80. The van der Waals surface area contributed by atoms with Crippen molar-refractivity contribution in [3.8, 4) is 11.8 Å². The zero-order chi connectivity index (χ0) is 29.8. The lowest BCUT2D eigenvalue weighted by Crippen LogP contribution is -2.87. The van der Waals surface area contributed by atoms with Crippen LogP contribution in [0.3, 0.4) is 0 Å². The first-order chi connectivity index (χ1) is 17.8. The number of carbonyl (C=O) groups is 3. The van der Waals surface area contributed by atoms with Crippen LogP contribution in [0, 0.1) is 16.7 Å². The number of fused-ring (bicyclic) bond motifs is 3. The number of aliphatic hydroxyl groups excluding tert-OH is 3. The molecule has 0 radical (unpaired) electrons. The summed E-state index contributed by atoms with van der Waals surface area (Å²) in [5, 5.41) is 56.3. The van der Waals surface area contributed by atoms with E-state index in [0.717, 1.165) is 4.90 Å². The molecule has 12 N–H and O–H groups in total. The molecule has 3 aliphatic rings. The Balaban J connectivity index is 2.22. The number of primary amides is 1. The minimum Gasteiger partial charge on any atom is -0.509 e. The number of phenolic OH excluding ortho intramolecular Hbond substituents is 1. The lowest BCUT2D eigenvalue weighted by Gasteiger charge is -2.62. The Morgan fingerprint density at radius 2 is 1.69 bits per heavy atom. The van der Waals surface area contributed by atoms with Crippen molar-refractivity contribution in [2.45, 2.75) is 55.5 Å². The summed E-state index contributed by atoms with van der Waals surface area (Å²) in [4.78, 5) is 41.3. The molecule has 1 saturated carbocycles. The molecule has 0 unspecified atom stereocenters. The highest BCUT2D eigenvalue weighted by Crippen LogP contribution is 2.60. The quantitative estimate of drug-likeness (QED) is 0.202. The van der Waals surface area contributed by atoms with Gasteiger partial charge in [-0.3, -0.25) is 19.3 Å². The van der Waals surface area contributed by atoms with Crippen LogP contribution in [0.4, 0.5) is 0 Å². The molecule has 13 nitrogen and oxygen atoms in total. The molecule has 1 fully saturated rings. The van der Waals surface area contributed by atoms with Crippen molar-refractivity contribution in [1.82, 2.24) is 4.90 Å². The molecular formula is C26H32N6O7. The van der Waals surface area contributed by atoms with E-state index in [-0.39, 0.29) is 11.1 Å². The van der Waals surface area contributed by atoms with Gasteiger partial charge in [-0.1, -0.05) is 32.9 Å². The van der Waals surface area contributed by atoms with E-state index in [1.54, 1.807) is 32.9 Å². The Morgan fingerprint density at radius 3 is 2.15 bits per heavy atom. The molecule has 13 heteroatoms. The molecule has 3 aliphatic carbocycles. The number of hydrogen-bond acceptors (Lipinski definition) is 12. The fourth-order valence-electron chi connectivity index (χ4n) is 6.48. The van der Waals surface area contributed by atoms with Gasteiger partial charge in [0.25, 0.3) is 5.91 Å². The molecule has 0 saturated heterocycles. The van der Waals surface area contributed by atoms with Crippen molar-refractivity contribution in [1.29, 1.82) is 5.26 Å². The molecule has 0 heterocycles. The smallest absolute Gasteiger partial charge is 0.255 e. The third-order valence-electron chi connectivity index (χ3n) is 8.37. The number of benzene rings is 1. The molecule has 6 atom stereocenters. The molecular weight excluding hydrogens is 508 g/mol. The first-order valence-corrected chi connectivity index (χ1v) is 12.0. The molecule has 1 aromatic rings. The molecule has 208 valence electrons. The highest BCUT2D eigenvalue weighted by molar-refractivity contribution is 6.26. The van der Waals surface area contributed by atoms with Crippen LogP contribution in [-0.2, 0) is 19.8 Å². The zero-order valence-electron chi connectivity index (χ0n) is 22.1. The number of amides is 1. The summed E-state index contributed by atoms with van der Waals surface area (Å²) in [5.41, 5.74) is 14.8. The number of nitrogens with two attached hydrogens (primary N) is 4. The Labute approximate surface area is 224 Å². The summed E-state index contributed by atoms with van der Waals surface area (Å²) in [6.45, 7) is 5.39. The summed E-state index contributed by atoms with van der Waals surface area (Å²) in [6.07, 6.45) is -2.25. The number of phenols is 1. The number of likely N-dealkylation sites (N-methyl/N-ethyl adjacent to an activating group) is 1. The van der Waals surface area contributed by atoms with Gasteiger partial charge in [0, 0.05) is 5.56 Å². The molecule has 0 spiro atoms. The van der Waals surface area contributed by atoms with Crippen LogP contribution in [-0.4, -0.2) is 80.1 Å². The number of aliphatic hydroxyl groups is 3. The third kappa shape index (κ3) is 2.97. The average Bonchev–Trinajstić information content (AvgIpc) is 2.80. The predicted molar refractivity (Wildman–Crippen MR) is 138 cm³/mol. The van der Waals surface area contributed by atoms with Gasteiger partial charge in [-0.2, -0.15) is 5.26 Å². The summed E-state index contributed by atoms with van der Waals surface area (Å²) >= 11 is 0. The maximum absolute atomic E-state index is 14.4. The maximum Gasteiger partial charge on any atom is 0.255 e. The second-order valence-electron chi connectivity index (χ2n) is 11.7. The molecule has 1 amide bonds. The molecule has 0 aliphatic heterocycles. The van der Waals surface area contributed by atoms with E-state index in [9.17, 15) is 40.1 Å². The van der Waals surface area contributed by atoms with E-state index in [2.05, 4.69) is 0 Å². The lowest BCUT2D eigenvalue weighted by atomic mass is 9.45. The van der Waals surface area contributed by atoms with Gasteiger partial charge in [0.2, 0.25) is 0 Å². The largest absolute Gasteiger partial charge is 0.509 e. The van der Waals surface area contributed by atoms with E-state index in [1.165, 1.54) is 20.2 Å². The van der Waals surface area contributed by atoms with Crippen LogP contribution < -0.4 is 22.9 Å². The van der Waals surface area contributed by atoms with Gasteiger partial charge < -0.3 is 43.4 Å². The monoisotopic (exact) mass is 540 g/mol. The van der Waals surface area contributed by atoms with Crippen LogP contribution in [0.25, 0.3) is 5.76 Å². The van der Waals surface area contributed by atoms with E-state index in [1.807, 2.05) is 0 Å². The van der Waals surface area contributed by atoms with Gasteiger partial charge in [-0.25, -0.2) is 0 Å². The molecule has 39 heavy (non-hydrogen) atoms. The van der Waals surface area contributed by atoms with Gasteiger partial charge in [-0.05, 0) is 25.1 Å². The number of rotatable bonds is 2. The number of hydrogen-bond donors (Lipinski definition) is 8. The third-order valence-corrected chi connectivity index (χ3v) is 8.37. The van der Waals surface area contributed by atoms with E-state index in [0.29, 0.717) is 5.56 Å². The number of ketones is 2. The number of Topliss-reactive ketones (excluding diaryl/α,β-unsaturated/α-hetero) is 2. The standard InChI is InChI=1S/C26H32N6O7/c1-23(2,3)10-7-6-9-11(14(10)33)15(34)13-20(37)24(8-27)19(36)12(21(29)38)16(35)18(32(4)5)26(24,31)22(39)25(13,30)17(9)28/h6-7,17-18,22,33-34,36,39H,28,30-31H2,1-5H3,(H2,29,38)/t17-,18+,22-,24-,25+,26-/m0/s1. The highest BCUT2D eigenvalue weighted by atomic mass is 16.3. The van der Waals surface area contributed by atoms with Crippen molar-refractivity contribution in [3.63, 3.8) is 0 Å². The summed E-state index contributed by atoms with van der Waals surface area (Å²) in [6, 6.07) is 1.37. The van der Waals surface area contributed by atoms with Crippen LogP contribution >= 0.6 is 0 Å². The molecule has 4 rings (SSSR count). The second-order valence-corrected chi connectivity index (χ2v) is 11.7. The number of aromatic hydroxyl groups is 1. The second kappa shape index (κ2) is 8.10. The average molecular weight is 541 g/mol. The summed E-state index contributed by atoms with van der Waals surface area (Å²) in [7, 11) is 2.68. The summed E-state index contributed by atoms with van der Waals surface area (Å²) < 4.78 is 0. The topological polar surface area (TPSA) is 263 Å². The first kappa shape index (κ1) is 28.2. The van der Waals surface area contributed by atoms with Crippen molar-refractivity contribution in [2.24, 2.45) is 28.3 Å². The van der Waals surface area contributed by atoms with Gasteiger partial charge in [0.15, 0.2) is 17.0 Å². The minimum atomic E-state index is -3.01. The number of carbonyl (C=O) groups excluding carboxylic acids is 3. The van der Waals surface area contributed by atoms with E-state index >= 15 is 0 Å². The molecule has 1 aromatic carbocycles. The summed E-state index contributed by atoms with van der Waals surface area (Å²) in [5.74, 6) is -6.68. The maximum atomic E-state index is 14.4. The fourth-order valence-corrected chi connectivity index (χ4v) is 6.48. The first-order valence-electron chi connectivity index (χ1n) is 12.0. The Bertz CT molecular complexity index is 1470. The van der Waals surface area contributed by atoms with Crippen molar-refractivity contribution in [3.05, 3.63) is 45.7 Å². The van der Waals surface area contributed by atoms with Gasteiger partial charge >= 0.3 is 0 Å². The van der Waals surface area contributed by atoms with Crippen LogP contribution in [0.2, 0.25) is 0 Å². The van der Waals surface area contributed by atoms with Gasteiger partial charge in [0.1, 0.15) is 34.5 Å². The SMILES string of the molecule is CN(C)[C@@H]1C(=O)C(C(N)=O)=C(O)[C@@]2(C#N)C(=O)C3=C(O)c4c(ccc(C(C)(C)C)c4O)[C@H](N)[C@@]3(N)[C@H](O)[C@@]12N. The van der Waals surface area contributed by atoms with Crippen LogP contribution in [0.1, 0.15) is 43.5 Å². The number of nitrogens with zero attached hydrogens (tertiary/aromatic N) is 2. The molecule has 0 bridgehead atoms. The van der Waals surface area contributed by atoms with Gasteiger partial charge in [-0.15, -0.1) is 0 Å². The minimum absolute atomic E-state index is 0.0604. The van der Waals surface area contributed by atoms with Crippen molar-refractivity contribution < 1.29 is 34.8 Å². The van der Waals surface area contributed by atoms with E-state index < -0.39 is 86.0 Å². The van der Waals surface area contributed by atoms with Gasteiger partial charge in [0.05, 0.1) is 34.8 Å². The van der Waals surface area contributed by atoms with E-state index in [4.69, 9.17) is 22.9 Å². The lowest BCUT2D eigenvalue weighted by molar-refractivity contribution is -0.153. The predicted octanol–water partition coefficient (Wildman–Crippen LogP) is -1.37. The molecule has 0 aromatic heterocycles. The van der Waals surface area contributed by atoms with Crippen LogP contribution in [0.15, 0.2) is 29.0 Å². The normalized spacial score (nSPS) is 34.4. The van der Waals surface area contributed by atoms with Crippen molar-refractivity contribution >= 4 is 23.2 Å². The fraction of sp³-hybridized carbons (Fsp3) is 0.462. The zero-order valence-corrected chi connectivity index (χ0v) is 22.1. The Morgan fingerprint density at radius 1 is 1.13 bits per heavy atom. The highest BCUT2D eigenvalue weighted by Gasteiger charge is 2.79. The van der Waals surface area contributed by atoms with Crippen molar-refractivity contribution in [2.75, 3.05) is 14.1 Å². The number of nitriles is 1. The van der Waals surface area contributed by atoms with Crippen LogP contribution in [0.5, 0.6) is 5.75 Å². The Kier molecular flexibility index (Phi) is 5.86.